The molecule has 118 valence electrons. The summed E-state index contributed by atoms with van der Waals surface area (Å²) >= 11 is 0. The summed E-state index contributed by atoms with van der Waals surface area (Å²) in [6, 6.07) is 7.85. The molecule has 0 saturated heterocycles. The van der Waals surface area contributed by atoms with Crippen LogP contribution in [-0.4, -0.2) is 29.8 Å². The van der Waals surface area contributed by atoms with Crippen LogP contribution in [0.2, 0.25) is 0 Å². The van der Waals surface area contributed by atoms with Crippen LogP contribution in [0.5, 0.6) is 5.75 Å². The van der Waals surface area contributed by atoms with Crippen LogP contribution < -0.4 is 10.1 Å². The maximum absolute atomic E-state index is 11.7. The third-order valence-corrected chi connectivity index (χ3v) is 3.29. The van der Waals surface area contributed by atoms with Gasteiger partial charge in [-0.3, -0.25) is 4.79 Å². The van der Waals surface area contributed by atoms with Gasteiger partial charge < -0.3 is 15.2 Å². The fraction of sp³-hybridized carbons (Fsp3) is 0.588. The van der Waals surface area contributed by atoms with Crippen molar-refractivity contribution < 1.29 is 14.6 Å². The van der Waals surface area contributed by atoms with Gasteiger partial charge in [-0.15, -0.1) is 0 Å². The number of amides is 1. The molecule has 0 bridgehead atoms. The molecule has 1 aromatic rings. The molecule has 0 saturated carbocycles. The van der Waals surface area contributed by atoms with Crippen LogP contribution in [0.25, 0.3) is 0 Å². The fourth-order valence-electron chi connectivity index (χ4n) is 2.06. The van der Waals surface area contributed by atoms with Crippen LogP contribution in [0.1, 0.15) is 45.1 Å². The van der Waals surface area contributed by atoms with E-state index in [1.54, 1.807) is 6.92 Å². The minimum Gasteiger partial charge on any atom is -0.494 e. The molecule has 0 spiro atoms. The number of carbonyl (C=O) groups is 1. The molecule has 0 aromatic heterocycles. The molecule has 4 nitrogen and oxygen atoms in total. The van der Waals surface area contributed by atoms with Crippen molar-refractivity contribution in [3.63, 3.8) is 0 Å². The van der Waals surface area contributed by atoms with Crippen molar-refractivity contribution in [1.29, 1.82) is 0 Å². The van der Waals surface area contributed by atoms with E-state index in [0.29, 0.717) is 32.4 Å². The molecular formula is C17H27NO3. The molecule has 0 aliphatic heterocycles. The Morgan fingerprint density at radius 2 is 2.00 bits per heavy atom. The Morgan fingerprint density at radius 3 is 2.62 bits per heavy atom. The second kappa shape index (κ2) is 8.67. The molecule has 0 radical (unpaired) electrons. The summed E-state index contributed by atoms with van der Waals surface area (Å²) in [5.74, 6) is 0.783. The molecule has 0 heterocycles. The zero-order valence-corrected chi connectivity index (χ0v) is 13.3. The Bertz CT molecular complexity index is 426. The highest BCUT2D eigenvalue weighted by Gasteiger charge is 2.19. The van der Waals surface area contributed by atoms with Crippen molar-refractivity contribution in [1.82, 2.24) is 5.32 Å². The van der Waals surface area contributed by atoms with Crippen molar-refractivity contribution >= 4 is 5.91 Å². The molecule has 0 aliphatic rings. The van der Waals surface area contributed by atoms with E-state index in [0.717, 1.165) is 12.2 Å². The van der Waals surface area contributed by atoms with Gasteiger partial charge in [0, 0.05) is 13.0 Å². The van der Waals surface area contributed by atoms with Gasteiger partial charge in [-0.25, -0.2) is 0 Å². The van der Waals surface area contributed by atoms with E-state index in [1.807, 2.05) is 38.1 Å². The van der Waals surface area contributed by atoms with E-state index in [9.17, 15) is 9.90 Å². The molecule has 0 aliphatic carbocycles. The largest absolute Gasteiger partial charge is 0.494 e. The van der Waals surface area contributed by atoms with E-state index < -0.39 is 5.60 Å². The van der Waals surface area contributed by atoms with Crippen molar-refractivity contribution in [3.8, 4) is 5.75 Å². The van der Waals surface area contributed by atoms with Crippen LogP contribution in [0.15, 0.2) is 24.3 Å². The van der Waals surface area contributed by atoms with Crippen LogP contribution >= 0.6 is 0 Å². The summed E-state index contributed by atoms with van der Waals surface area (Å²) in [5.41, 5.74) is 0.379. The van der Waals surface area contributed by atoms with Gasteiger partial charge in [0.25, 0.3) is 0 Å². The highest BCUT2D eigenvalue weighted by molar-refractivity contribution is 5.75. The number of nitrogens with one attached hydrogen (secondary N) is 1. The van der Waals surface area contributed by atoms with Gasteiger partial charge in [0.05, 0.1) is 12.2 Å². The predicted molar refractivity (Wildman–Crippen MR) is 84.4 cm³/mol. The van der Waals surface area contributed by atoms with Gasteiger partial charge in [0.2, 0.25) is 5.91 Å². The highest BCUT2D eigenvalue weighted by Crippen LogP contribution is 2.12. The molecule has 1 rings (SSSR count). The first kappa shape index (κ1) is 17.5. The minimum atomic E-state index is -0.817. The zero-order chi connectivity index (χ0) is 15.7. The number of benzene rings is 1. The predicted octanol–water partition coefficient (Wildman–Crippen LogP) is 2.82. The molecular weight excluding hydrogens is 266 g/mol. The smallest absolute Gasteiger partial charge is 0.220 e. The Morgan fingerprint density at radius 1 is 1.33 bits per heavy atom. The van der Waals surface area contributed by atoms with Gasteiger partial charge >= 0.3 is 0 Å². The molecule has 1 unspecified atom stereocenters. The van der Waals surface area contributed by atoms with E-state index in [2.05, 4.69) is 5.32 Å². The summed E-state index contributed by atoms with van der Waals surface area (Å²) in [6.07, 6.45) is 2.65. The first-order chi connectivity index (χ1) is 9.93. The first-order valence-corrected chi connectivity index (χ1v) is 7.61. The van der Waals surface area contributed by atoms with Crippen molar-refractivity contribution in [2.24, 2.45) is 0 Å². The molecule has 1 amide bonds. The summed E-state index contributed by atoms with van der Waals surface area (Å²) in [4.78, 5) is 11.7. The minimum absolute atomic E-state index is 0.0427. The number of aryl methyl sites for hydroxylation is 1. The third-order valence-electron chi connectivity index (χ3n) is 3.29. The summed E-state index contributed by atoms with van der Waals surface area (Å²) in [6.45, 7) is 6.61. The van der Waals surface area contributed by atoms with Gasteiger partial charge in [0.15, 0.2) is 0 Å². The molecule has 0 fully saturated rings. The number of hydrogen-bond acceptors (Lipinski definition) is 3. The second-order valence-corrected chi connectivity index (χ2v) is 5.79. The SMILES string of the molecule is CCCC(C)(O)CNC(=O)CCCOc1ccc(C)cc1. The fourth-order valence-corrected chi connectivity index (χ4v) is 2.06. The molecule has 21 heavy (non-hydrogen) atoms. The van der Waals surface area contributed by atoms with Crippen LogP contribution in [0.4, 0.5) is 0 Å². The maximum atomic E-state index is 11.7. The number of ether oxygens (including phenoxy) is 1. The molecule has 1 atom stereocenters. The Balaban J connectivity index is 2.15. The molecule has 1 aromatic carbocycles. The first-order valence-electron chi connectivity index (χ1n) is 7.61. The number of hydrogen-bond donors (Lipinski definition) is 2. The lowest BCUT2D eigenvalue weighted by molar-refractivity contribution is -0.122. The Labute approximate surface area is 127 Å². The van der Waals surface area contributed by atoms with Gasteiger partial charge in [0.1, 0.15) is 5.75 Å². The maximum Gasteiger partial charge on any atom is 0.220 e. The summed E-state index contributed by atoms with van der Waals surface area (Å²) in [5, 5.41) is 12.7. The average molecular weight is 293 g/mol. The van der Waals surface area contributed by atoms with Gasteiger partial charge in [-0.2, -0.15) is 0 Å². The van der Waals surface area contributed by atoms with Gasteiger partial charge in [-0.1, -0.05) is 31.0 Å². The van der Waals surface area contributed by atoms with Crippen LogP contribution in [0, 0.1) is 6.92 Å². The average Bonchev–Trinajstić information content (AvgIpc) is 2.43. The quantitative estimate of drug-likeness (QED) is 0.688. The normalized spacial score (nSPS) is 13.5. The lowest BCUT2D eigenvalue weighted by atomic mass is 10.0. The zero-order valence-electron chi connectivity index (χ0n) is 13.3. The molecule has 2 N–H and O–H groups in total. The lowest BCUT2D eigenvalue weighted by Crippen LogP contribution is -2.40. The van der Waals surface area contributed by atoms with E-state index in [1.165, 1.54) is 5.56 Å². The summed E-state index contributed by atoms with van der Waals surface area (Å²) in [7, 11) is 0. The van der Waals surface area contributed by atoms with Crippen molar-refractivity contribution in [2.45, 2.75) is 52.1 Å². The number of rotatable bonds is 9. The Hall–Kier alpha value is -1.55. The Kier molecular flexibility index (Phi) is 7.23. The topological polar surface area (TPSA) is 58.6 Å². The molecule has 4 heteroatoms. The van der Waals surface area contributed by atoms with Crippen LogP contribution in [-0.2, 0) is 4.79 Å². The lowest BCUT2D eigenvalue weighted by Gasteiger charge is -2.22. The van der Waals surface area contributed by atoms with Gasteiger partial charge in [-0.05, 0) is 38.8 Å². The van der Waals surface area contributed by atoms with Crippen molar-refractivity contribution in [2.75, 3.05) is 13.2 Å². The van der Waals surface area contributed by atoms with E-state index >= 15 is 0 Å². The van der Waals surface area contributed by atoms with Crippen molar-refractivity contribution in [3.05, 3.63) is 29.8 Å². The summed E-state index contributed by atoms with van der Waals surface area (Å²) < 4.78 is 5.57. The van der Waals surface area contributed by atoms with Crippen LogP contribution in [0.3, 0.4) is 0 Å². The van der Waals surface area contributed by atoms with E-state index in [4.69, 9.17) is 4.74 Å². The third kappa shape index (κ3) is 7.71. The standard InChI is InChI=1S/C17H27NO3/c1-4-11-17(3,20)13-18-16(19)6-5-12-21-15-9-7-14(2)8-10-15/h7-10,20H,4-6,11-13H2,1-3H3,(H,18,19). The second-order valence-electron chi connectivity index (χ2n) is 5.79. The number of carbonyl (C=O) groups excluding carboxylic acids is 1. The highest BCUT2D eigenvalue weighted by atomic mass is 16.5. The number of aliphatic hydroxyl groups is 1. The van der Waals surface area contributed by atoms with E-state index in [-0.39, 0.29) is 5.91 Å². The monoisotopic (exact) mass is 293 g/mol.